The maximum absolute atomic E-state index is 13.2. The zero-order chi connectivity index (χ0) is 22.1. The Morgan fingerprint density at radius 1 is 0.903 bits per heavy atom. The number of benzene rings is 1. The summed E-state index contributed by atoms with van der Waals surface area (Å²) < 4.78 is 27.6. The first-order valence-corrected chi connectivity index (χ1v) is 12.7. The second-order valence-electron chi connectivity index (χ2n) is 8.99. The maximum atomic E-state index is 13.2. The summed E-state index contributed by atoms with van der Waals surface area (Å²) >= 11 is 0. The predicted octanol–water partition coefficient (Wildman–Crippen LogP) is 2.29. The molecule has 0 unspecified atom stereocenters. The Morgan fingerprint density at radius 3 is 2.26 bits per heavy atom. The highest BCUT2D eigenvalue weighted by molar-refractivity contribution is 7.89. The number of carbonyl (C=O) groups is 2. The molecule has 1 saturated carbocycles. The Balaban J connectivity index is 1.41. The Morgan fingerprint density at radius 2 is 1.58 bits per heavy atom. The number of nitrogens with zero attached hydrogens (tertiary/aromatic N) is 3. The fourth-order valence-electron chi connectivity index (χ4n) is 4.86. The van der Waals surface area contributed by atoms with Crippen molar-refractivity contribution >= 4 is 22.0 Å². The van der Waals surface area contributed by atoms with Crippen molar-refractivity contribution in [1.82, 2.24) is 19.4 Å². The number of carbonyl (C=O) groups excluding carboxylic acids is 2. The van der Waals surface area contributed by atoms with E-state index in [2.05, 4.69) is 5.32 Å². The van der Waals surface area contributed by atoms with E-state index in [0.29, 0.717) is 50.3 Å². The van der Waals surface area contributed by atoms with Gasteiger partial charge in [-0.2, -0.15) is 4.31 Å². The van der Waals surface area contributed by atoms with E-state index in [4.69, 9.17) is 0 Å². The molecule has 3 aliphatic rings. The van der Waals surface area contributed by atoms with E-state index in [1.807, 2.05) is 11.8 Å². The second-order valence-corrected chi connectivity index (χ2v) is 10.9. The first-order valence-electron chi connectivity index (χ1n) is 11.3. The number of hydrogen-bond donors (Lipinski definition) is 1. The zero-order valence-electron chi connectivity index (χ0n) is 18.2. The lowest BCUT2D eigenvalue weighted by molar-refractivity contribution is -0.133. The largest absolute Gasteiger partial charge is 0.326 e. The van der Waals surface area contributed by atoms with Crippen molar-refractivity contribution in [1.29, 1.82) is 0 Å². The van der Waals surface area contributed by atoms with Gasteiger partial charge < -0.3 is 5.32 Å². The molecule has 3 fully saturated rings. The van der Waals surface area contributed by atoms with E-state index in [-0.39, 0.29) is 18.6 Å². The average molecular weight is 449 g/mol. The van der Waals surface area contributed by atoms with Crippen LogP contribution in [0.5, 0.6) is 0 Å². The van der Waals surface area contributed by atoms with Crippen molar-refractivity contribution < 1.29 is 18.0 Å². The molecule has 1 aromatic carbocycles. The number of nitrogens with one attached hydrogen (secondary N) is 1. The molecule has 2 aliphatic heterocycles. The van der Waals surface area contributed by atoms with Crippen LogP contribution in [0.15, 0.2) is 29.2 Å². The number of amides is 3. The molecule has 2 saturated heterocycles. The van der Waals surface area contributed by atoms with E-state index in [9.17, 15) is 18.0 Å². The van der Waals surface area contributed by atoms with Gasteiger partial charge in [0.1, 0.15) is 5.54 Å². The molecule has 0 aromatic heterocycles. The number of urea groups is 1. The highest BCUT2D eigenvalue weighted by atomic mass is 32.2. The molecule has 9 heteroatoms. The van der Waals surface area contributed by atoms with Crippen LogP contribution in [0.4, 0.5) is 4.79 Å². The number of imide groups is 1. The lowest BCUT2D eigenvalue weighted by Crippen LogP contribution is -2.47. The van der Waals surface area contributed by atoms with Crippen molar-refractivity contribution in [3.8, 4) is 0 Å². The second kappa shape index (κ2) is 8.88. The van der Waals surface area contributed by atoms with Gasteiger partial charge in [0.15, 0.2) is 0 Å². The molecule has 4 rings (SSSR count). The van der Waals surface area contributed by atoms with Crippen LogP contribution in [-0.2, 0) is 14.8 Å². The topological polar surface area (TPSA) is 90.0 Å². The summed E-state index contributed by atoms with van der Waals surface area (Å²) in [7, 11) is -3.55. The van der Waals surface area contributed by atoms with Crippen LogP contribution in [0.25, 0.3) is 0 Å². The molecule has 2 heterocycles. The normalized spacial score (nSPS) is 23.6. The molecule has 0 bridgehead atoms. The quantitative estimate of drug-likeness (QED) is 0.714. The van der Waals surface area contributed by atoms with Crippen LogP contribution in [-0.4, -0.2) is 72.8 Å². The highest BCUT2D eigenvalue weighted by Gasteiger charge is 2.51. The van der Waals surface area contributed by atoms with Crippen LogP contribution >= 0.6 is 0 Å². The minimum Gasteiger partial charge on any atom is -0.323 e. The summed E-state index contributed by atoms with van der Waals surface area (Å²) in [5, 5.41) is 2.98. The van der Waals surface area contributed by atoms with Crippen molar-refractivity contribution in [3.05, 3.63) is 29.8 Å². The van der Waals surface area contributed by atoms with Crippen LogP contribution < -0.4 is 5.32 Å². The first-order chi connectivity index (χ1) is 14.8. The van der Waals surface area contributed by atoms with Gasteiger partial charge in [-0.25, -0.2) is 18.1 Å². The van der Waals surface area contributed by atoms with E-state index in [0.717, 1.165) is 31.2 Å². The number of hydrogen-bond acceptors (Lipinski definition) is 5. The zero-order valence-corrected chi connectivity index (χ0v) is 19.0. The lowest BCUT2D eigenvalue weighted by Gasteiger charge is -2.27. The Labute approximate surface area is 184 Å². The Hall–Kier alpha value is -1.97. The maximum Gasteiger partial charge on any atom is 0.326 e. The van der Waals surface area contributed by atoms with Crippen molar-refractivity contribution in [2.75, 3.05) is 32.8 Å². The van der Waals surface area contributed by atoms with Gasteiger partial charge in [-0.1, -0.05) is 43.4 Å². The van der Waals surface area contributed by atoms with Gasteiger partial charge in [-0.15, -0.1) is 0 Å². The van der Waals surface area contributed by atoms with Crippen LogP contribution in [0.3, 0.4) is 0 Å². The molecule has 0 atom stereocenters. The van der Waals surface area contributed by atoms with Gasteiger partial charge >= 0.3 is 6.03 Å². The lowest BCUT2D eigenvalue weighted by atomic mass is 9.90. The van der Waals surface area contributed by atoms with E-state index in [1.165, 1.54) is 9.21 Å². The molecule has 1 aromatic rings. The molecule has 1 N–H and O–H groups in total. The summed E-state index contributed by atoms with van der Waals surface area (Å²) in [6, 6.07) is 6.58. The third-order valence-electron chi connectivity index (χ3n) is 6.75. The standard InChI is InChI=1S/C22H32N4O4S/c1-18-7-9-19(10-8-18)31(29,30)25-14-6-13-24(15-16-25)17-26-20(27)22(23-21(26)28)11-4-2-3-5-12-22/h7-10H,2-6,11-17H2,1H3,(H,23,28). The molecule has 0 radical (unpaired) electrons. The first kappa shape index (κ1) is 22.2. The van der Waals surface area contributed by atoms with Crippen LogP contribution in [0, 0.1) is 6.92 Å². The summed E-state index contributed by atoms with van der Waals surface area (Å²) in [6.07, 6.45) is 6.17. The molecule has 8 nitrogen and oxygen atoms in total. The Bertz CT molecular complexity index is 923. The molecule has 170 valence electrons. The fourth-order valence-corrected chi connectivity index (χ4v) is 6.33. The molecule has 31 heavy (non-hydrogen) atoms. The SMILES string of the molecule is Cc1ccc(S(=O)(=O)N2CCCN(CN3C(=O)NC4(CCCCCC4)C3=O)CC2)cc1. The van der Waals surface area contributed by atoms with Gasteiger partial charge in [-0.3, -0.25) is 9.69 Å². The predicted molar refractivity (Wildman–Crippen MR) is 117 cm³/mol. The van der Waals surface area contributed by atoms with Crippen LogP contribution in [0.2, 0.25) is 0 Å². The molecular formula is C22H32N4O4S. The number of sulfonamides is 1. The Kier molecular flexibility index (Phi) is 6.37. The minimum atomic E-state index is -3.55. The van der Waals surface area contributed by atoms with Gasteiger partial charge in [-0.05, 0) is 38.3 Å². The molecule has 3 amide bonds. The summed E-state index contributed by atoms with van der Waals surface area (Å²) in [4.78, 5) is 29.4. The summed E-state index contributed by atoms with van der Waals surface area (Å²) in [5.74, 6) is -0.118. The van der Waals surface area contributed by atoms with Gasteiger partial charge in [0.2, 0.25) is 10.0 Å². The van der Waals surface area contributed by atoms with Gasteiger partial charge in [0.25, 0.3) is 5.91 Å². The van der Waals surface area contributed by atoms with E-state index < -0.39 is 15.6 Å². The molecular weight excluding hydrogens is 416 g/mol. The average Bonchev–Trinajstić information content (AvgIpc) is 3.01. The van der Waals surface area contributed by atoms with E-state index in [1.54, 1.807) is 24.3 Å². The summed E-state index contributed by atoms with van der Waals surface area (Å²) in [5.41, 5.74) is 0.279. The molecule has 1 spiro atoms. The van der Waals surface area contributed by atoms with Crippen molar-refractivity contribution in [2.45, 2.75) is 62.3 Å². The van der Waals surface area contributed by atoms with Gasteiger partial charge in [0.05, 0.1) is 11.6 Å². The molecule has 1 aliphatic carbocycles. The monoisotopic (exact) mass is 448 g/mol. The third-order valence-corrected chi connectivity index (χ3v) is 8.66. The fraction of sp³-hybridized carbons (Fsp3) is 0.636. The third kappa shape index (κ3) is 4.49. The van der Waals surface area contributed by atoms with Gasteiger partial charge in [0, 0.05) is 26.2 Å². The smallest absolute Gasteiger partial charge is 0.323 e. The van der Waals surface area contributed by atoms with Crippen LogP contribution in [0.1, 0.15) is 50.5 Å². The highest BCUT2D eigenvalue weighted by Crippen LogP contribution is 2.33. The van der Waals surface area contributed by atoms with Crippen molar-refractivity contribution in [2.24, 2.45) is 0 Å². The number of rotatable bonds is 4. The summed E-state index contributed by atoms with van der Waals surface area (Å²) in [6.45, 7) is 4.03. The van der Waals surface area contributed by atoms with E-state index >= 15 is 0 Å². The number of aryl methyl sites for hydroxylation is 1. The minimum absolute atomic E-state index is 0.118. The van der Waals surface area contributed by atoms with Crippen molar-refractivity contribution in [3.63, 3.8) is 0 Å².